The number of phenols is 1. The van der Waals surface area contributed by atoms with Crippen molar-refractivity contribution in [1.29, 1.82) is 0 Å². The van der Waals surface area contributed by atoms with Crippen molar-refractivity contribution < 1.29 is 5.11 Å². The Morgan fingerprint density at radius 3 is 2.50 bits per heavy atom. The zero-order chi connectivity index (χ0) is 11.2. The Hall–Kier alpha value is -1.02. The van der Waals surface area contributed by atoms with Crippen LogP contribution in [0.2, 0.25) is 0 Å². The van der Waals surface area contributed by atoms with Crippen LogP contribution in [0.1, 0.15) is 31.2 Å². The van der Waals surface area contributed by atoms with Gasteiger partial charge in [-0.3, -0.25) is 0 Å². The highest BCUT2D eigenvalue weighted by molar-refractivity contribution is 5.25. The van der Waals surface area contributed by atoms with Crippen molar-refractivity contribution in [3.05, 3.63) is 29.8 Å². The highest BCUT2D eigenvalue weighted by Crippen LogP contribution is 2.23. The molecule has 1 aromatic carbocycles. The third-order valence-electron chi connectivity index (χ3n) is 3.43. The predicted octanol–water partition coefficient (Wildman–Crippen LogP) is 2.71. The van der Waals surface area contributed by atoms with Crippen molar-refractivity contribution in [3.8, 4) is 5.75 Å². The molecule has 0 aliphatic heterocycles. The van der Waals surface area contributed by atoms with E-state index in [2.05, 4.69) is 5.32 Å². The third kappa shape index (κ3) is 3.53. The summed E-state index contributed by atoms with van der Waals surface area (Å²) in [5.74, 6) is 1.27. The summed E-state index contributed by atoms with van der Waals surface area (Å²) < 4.78 is 0. The van der Waals surface area contributed by atoms with E-state index < -0.39 is 0 Å². The fraction of sp³-hybridized carbons (Fsp3) is 0.571. The van der Waals surface area contributed by atoms with Crippen molar-refractivity contribution in [1.82, 2.24) is 5.32 Å². The zero-order valence-electron chi connectivity index (χ0n) is 9.78. The monoisotopic (exact) mass is 219 g/mol. The van der Waals surface area contributed by atoms with Crippen molar-refractivity contribution in [3.63, 3.8) is 0 Å². The van der Waals surface area contributed by atoms with E-state index in [4.69, 9.17) is 5.11 Å². The third-order valence-corrected chi connectivity index (χ3v) is 3.43. The molecule has 2 rings (SSSR count). The van der Waals surface area contributed by atoms with Crippen LogP contribution in [0.3, 0.4) is 0 Å². The molecule has 0 heterocycles. The number of phenolic OH excluding ortho intramolecular Hbond substituents is 1. The van der Waals surface area contributed by atoms with Gasteiger partial charge in [-0.25, -0.2) is 0 Å². The second-order valence-corrected chi connectivity index (χ2v) is 4.77. The summed E-state index contributed by atoms with van der Waals surface area (Å²) in [4.78, 5) is 0. The minimum absolute atomic E-state index is 0.350. The molecule has 0 saturated heterocycles. The van der Waals surface area contributed by atoms with Gasteiger partial charge < -0.3 is 10.4 Å². The van der Waals surface area contributed by atoms with Crippen molar-refractivity contribution in [2.45, 2.75) is 32.1 Å². The van der Waals surface area contributed by atoms with Crippen molar-refractivity contribution >= 4 is 0 Å². The highest BCUT2D eigenvalue weighted by atomic mass is 16.3. The first-order valence-electron chi connectivity index (χ1n) is 6.33. The van der Waals surface area contributed by atoms with Gasteiger partial charge >= 0.3 is 0 Å². The number of nitrogens with one attached hydrogen (secondary N) is 1. The lowest BCUT2D eigenvalue weighted by atomic mass is 10.1. The zero-order valence-corrected chi connectivity index (χ0v) is 9.78. The quantitative estimate of drug-likeness (QED) is 0.746. The predicted molar refractivity (Wildman–Crippen MR) is 66.6 cm³/mol. The Balaban J connectivity index is 1.62. The molecule has 1 fully saturated rings. The maximum absolute atomic E-state index is 9.16. The molecule has 0 aromatic heterocycles. The molecule has 0 bridgehead atoms. The lowest BCUT2D eigenvalue weighted by Gasteiger charge is -2.10. The molecule has 1 saturated carbocycles. The van der Waals surface area contributed by atoms with Crippen LogP contribution in [0.5, 0.6) is 5.75 Å². The average Bonchev–Trinajstić information content (AvgIpc) is 2.80. The van der Waals surface area contributed by atoms with Gasteiger partial charge in [-0.2, -0.15) is 0 Å². The summed E-state index contributed by atoms with van der Waals surface area (Å²) in [5.41, 5.74) is 1.29. The summed E-state index contributed by atoms with van der Waals surface area (Å²) in [6, 6.07) is 7.50. The summed E-state index contributed by atoms with van der Waals surface area (Å²) in [7, 11) is 0. The molecule has 16 heavy (non-hydrogen) atoms. The standard InChI is InChI=1S/C14H21NO/c16-14-7-5-12(6-8-14)9-10-15-11-13-3-1-2-4-13/h5-8,13,15-16H,1-4,9-11H2. The van der Waals surface area contributed by atoms with E-state index in [1.54, 1.807) is 12.1 Å². The highest BCUT2D eigenvalue weighted by Gasteiger charge is 2.13. The summed E-state index contributed by atoms with van der Waals surface area (Å²) in [6.45, 7) is 2.22. The molecule has 2 heteroatoms. The molecule has 0 atom stereocenters. The van der Waals surface area contributed by atoms with Gasteiger partial charge in [0.1, 0.15) is 5.75 Å². The largest absolute Gasteiger partial charge is 0.508 e. The molecule has 1 aliphatic rings. The maximum atomic E-state index is 9.16. The summed E-state index contributed by atoms with van der Waals surface area (Å²) in [6.07, 6.45) is 6.71. The van der Waals surface area contributed by atoms with Gasteiger partial charge in [-0.1, -0.05) is 25.0 Å². The smallest absolute Gasteiger partial charge is 0.115 e. The normalized spacial score (nSPS) is 16.8. The number of benzene rings is 1. The Morgan fingerprint density at radius 1 is 1.12 bits per heavy atom. The Labute approximate surface area is 97.7 Å². The topological polar surface area (TPSA) is 32.3 Å². The molecule has 2 N–H and O–H groups in total. The van der Waals surface area contributed by atoms with Gasteiger partial charge in [0.05, 0.1) is 0 Å². The van der Waals surface area contributed by atoms with Crippen LogP contribution in [0.15, 0.2) is 24.3 Å². The van der Waals surface area contributed by atoms with Crippen LogP contribution in [-0.4, -0.2) is 18.2 Å². The number of hydrogen-bond acceptors (Lipinski definition) is 2. The van der Waals surface area contributed by atoms with E-state index in [1.807, 2.05) is 12.1 Å². The molecule has 2 nitrogen and oxygen atoms in total. The molecule has 88 valence electrons. The molecule has 0 unspecified atom stereocenters. The first-order valence-corrected chi connectivity index (χ1v) is 6.33. The molecular weight excluding hydrogens is 198 g/mol. The van der Waals surface area contributed by atoms with E-state index >= 15 is 0 Å². The fourth-order valence-corrected chi connectivity index (χ4v) is 2.42. The van der Waals surface area contributed by atoms with Gasteiger partial charge in [-0.15, -0.1) is 0 Å². The second kappa shape index (κ2) is 5.90. The first-order chi connectivity index (χ1) is 7.84. The number of aromatic hydroxyl groups is 1. The molecule has 0 radical (unpaired) electrons. The second-order valence-electron chi connectivity index (χ2n) is 4.77. The van der Waals surface area contributed by atoms with Gasteiger partial charge in [0.15, 0.2) is 0 Å². The van der Waals surface area contributed by atoms with E-state index in [9.17, 15) is 0 Å². The number of hydrogen-bond donors (Lipinski definition) is 2. The molecule has 1 aliphatic carbocycles. The summed E-state index contributed by atoms with van der Waals surface area (Å²) in [5, 5.41) is 12.7. The van der Waals surface area contributed by atoms with Gasteiger partial charge in [0.25, 0.3) is 0 Å². The minimum atomic E-state index is 0.350. The lowest BCUT2D eigenvalue weighted by Crippen LogP contribution is -2.23. The minimum Gasteiger partial charge on any atom is -0.508 e. The van der Waals surface area contributed by atoms with E-state index in [-0.39, 0.29) is 0 Å². The Bertz CT molecular complexity index is 301. The average molecular weight is 219 g/mol. The van der Waals surface area contributed by atoms with Gasteiger partial charge in [0.2, 0.25) is 0 Å². The Kier molecular flexibility index (Phi) is 4.23. The van der Waals surface area contributed by atoms with Crippen LogP contribution in [0.4, 0.5) is 0 Å². The molecular formula is C14H21NO. The van der Waals surface area contributed by atoms with Crippen LogP contribution < -0.4 is 5.32 Å². The lowest BCUT2D eigenvalue weighted by molar-refractivity contribution is 0.474. The van der Waals surface area contributed by atoms with E-state index in [0.717, 1.165) is 18.9 Å². The fourth-order valence-electron chi connectivity index (χ4n) is 2.42. The SMILES string of the molecule is Oc1ccc(CCNCC2CCCC2)cc1. The molecule has 0 amide bonds. The van der Waals surface area contributed by atoms with Crippen LogP contribution in [-0.2, 0) is 6.42 Å². The van der Waals surface area contributed by atoms with Gasteiger partial charge in [0, 0.05) is 0 Å². The van der Waals surface area contributed by atoms with E-state index in [0.29, 0.717) is 5.75 Å². The van der Waals surface area contributed by atoms with Crippen molar-refractivity contribution in [2.75, 3.05) is 13.1 Å². The summed E-state index contributed by atoms with van der Waals surface area (Å²) >= 11 is 0. The molecule has 1 aromatic rings. The van der Waals surface area contributed by atoms with Crippen LogP contribution >= 0.6 is 0 Å². The van der Waals surface area contributed by atoms with E-state index in [1.165, 1.54) is 37.8 Å². The molecule has 0 spiro atoms. The first kappa shape index (κ1) is 11.5. The number of rotatable bonds is 5. The maximum Gasteiger partial charge on any atom is 0.115 e. The van der Waals surface area contributed by atoms with Crippen LogP contribution in [0.25, 0.3) is 0 Å². The van der Waals surface area contributed by atoms with Crippen LogP contribution in [0, 0.1) is 5.92 Å². The van der Waals surface area contributed by atoms with Gasteiger partial charge in [-0.05, 0) is 56.0 Å². The Morgan fingerprint density at radius 2 is 1.81 bits per heavy atom. The van der Waals surface area contributed by atoms with Crippen molar-refractivity contribution in [2.24, 2.45) is 5.92 Å².